The summed E-state index contributed by atoms with van der Waals surface area (Å²) in [6, 6.07) is 3.95. The topological polar surface area (TPSA) is 92.9 Å². The molecule has 6 nitrogen and oxygen atoms in total. The van der Waals surface area contributed by atoms with E-state index >= 15 is 0 Å². The van der Waals surface area contributed by atoms with Crippen LogP contribution in [0.4, 0.5) is 13.2 Å². The lowest BCUT2D eigenvalue weighted by Gasteiger charge is -2.34. The van der Waals surface area contributed by atoms with Gasteiger partial charge in [0.15, 0.2) is 0 Å². The second-order valence-electron chi connectivity index (χ2n) is 5.03. The lowest BCUT2D eigenvalue weighted by atomic mass is 10.0. The number of nitrogens with zero attached hydrogens (tertiary/aromatic N) is 1. The van der Waals surface area contributed by atoms with Crippen molar-refractivity contribution in [3.63, 3.8) is 0 Å². The molecule has 1 aliphatic heterocycles. The summed E-state index contributed by atoms with van der Waals surface area (Å²) in [6.45, 7) is 0.0757. The molecular formula is C12H15F3N2O4S. The summed E-state index contributed by atoms with van der Waals surface area (Å²) < 4.78 is 65.7. The zero-order valence-electron chi connectivity index (χ0n) is 11.4. The molecule has 0 bridgehead atoms. The number of aliphatic hydroxyl groups is 1. The molecule has 10 heteroatoms. The minimum Gasteiger partial charge on any atom is -0.406 e. The fourth-order valence-corrected chi connectivity index (χ4v) is 3.52. The first-order valence-electron chi connectivity index (χ1n) is 6.37. The zero-order chi connectivity index (χ0) is 16.6. The zero-order valence-corrected chi connectivity index (χ0v) is 12.2. The van der Waals surface area contributed by atoms with Gasteiger partial charge in [0, 0.05) is 25.9 Å². The van der Waals surface area contributed by atoms with Crippen molar-refractivity contribution in [2.75, 3.05) is 13.1 Å². The second kappa shape index (κ2) is 5.69. The van der Waals surface area contributed by atoms with Crippen LogP contribution in [0.3, 0.4) is 0 Å². The molecule has 2 rings (SSSR count). The third-order valence-corrected chi connectivity index (χ3v) is 5.20. The molecule has 1 aromatic rings. The first-order chi connectivity index (χ1) is 10.00. The van der Waals surface area contributed by atoms with E-state index in [2.05, 4.69) is 4.74 Å². The number of benzene rings is 1. The Hall–Kier alpha value is -1.36. The number of ether oxygens (including phenoxy) is 1. The first kappa shape index (κ1) is 17.0. The van der Waals surface area contributed by atoms with E-state index in [9.17, 15) is 26.7 Å². The van der Waals surface area contributed by atoms with Crippen molar-refractivity contribution in [2.24, 2.45) is 5.73 Å². The molecule has 0 aromatic heterocycles. The highest BCUT2D eigenvalue weighted by Gasteiger charge is 2.35. The molecule has 1 aliphatic rings. The molecule has 124 valence electrons. The fourth-order valence-electron chi connectivity index (χ4n) is 2.08. The van der Waals surface area contributed by atoms with Crippen molar-refractivity contribution in [3.8, 4) is 5.75 Å². The third kappa shape index (κ3) is 4.09. The van der Waals surface area contributed by atoms with Crippen molar-refractivity contribution in [3.05, 3.63) is 24.3 Å². The quantitative estimate of drug-likeness (QED) is 0.802. The van der Waals surface area contributed by atoms with Gasteiger partial charge in [-0.05, 0) is 24.3 Å². The van der Waals surface area contributed by atoms with Crippen molar-refractivity contribution in [2.45, 2.75) is 29.8 Å². The van der Waals surface area contributed by atoms with Gasteiger partial charge < -0.3 is 15.6 Å². The molecule has 0 spiro atoms. The van der Waals surface area contributed by atoms with Gasteiger partial charge in [-0.15, -0.1) is 13.2 Å². The lowest BCUT2D eigenvalue weighted by molar-refractivity contribution is -0.274. The molecule has 0 atom stereocenters. The molecule has 0 aliphatic carbocycles. The number of halogens is 3. The Morgan fingerprint density at radius 3 is 2.14 bits per heavy atom. The van der Waals surface area contributed by atoms with Crippen LogP contribution in [0.25, 0.3) is 0 Å². The normalized spacial score (nSPS) is 19.9. The van der Waals surface area contributed by atoms with Crippen molar-refractivity contribution >= 4 is 10.0 Å². The van der Waals surface area contributed by atoms with E-state index in [0.29, 0.717) is 0 Å². The molecule has 22 heavy (non-hydrogen) atoms. The van der Waals surface area contributed by atoms with Gasteiger partial charge >= 0.3 is 6.36 Å². The van der Waals surface area contributed by atoms with Crippen molar-refractivity contribution in [1.82, 2.24) is 4.31 Å². The molecule has 0 unspecified atom stereocenters. The van der Waals surface area contributed by atoms with Gasteiger partial charge in [-0.2, -0.15) is 4.31 Å². The lowest BCUT2D eigenvalue weighted by Crippen LogP contribution is -2.51. The van der Waals surface area contributed by atoms with Crippen LogP contribution in [0.2, 0.25) is 0 Å². The minimum atomic E-state index is -4.83. The van der Waals surface area contributed by atoms with E-state index in [1.807, 2.05) is 0 Å². The van der Waals surface area contributed by atoms with Gasteiger partial charge in [0.05, 0.1) is 4.90 Å². The maximum Gasteiger partial charge on any atom is 0.573 e. The average molecular weight is 340 g/mol. The Balaban J connectivity index is 2.13. The summed E-state index contributed by atoms with van der Waals surface area (Å²) in [5, 5.41) is 9.61. The van der Waals surface area contributed by atoms with Crippen LogP contribution >= 0.6 is 0 Å². The molecule has 0 saturated carbocycles. The predicted molar refractivity (Wildman–Crippen MR) is 70.3 cm³/mol. The number of nitrogens with two attached hydrogens (primary N) is 1. The number of piperidine rings is 1. The molecule has 1 fully saturated rings. The van der Waals surface area contributed by atoms with E-state index in [4.69, 9.17) is 5.73 Å². The minimum absolute atomic E-state index is 0.0378. The summed E-state index contributed by atoms with van der Waals surface area (Å²) in [7, 11) is -3.84. The van der Waals surface area contributed by atoms with E-state index in [1.54, 1.807) is 0 Å². The molecular weight excluding hydrogens is 325 g/mol. The highest BCUT2D eigenvalue weighted by atomic mass is 32.2. The van der Waals surface area contributed by atoms with Crippen LogP contribution in [0.5, 0.6) is 5.75 Å². The fraction of sp³-hybridized carbons (Fsp3) is 0.500. The predicted octanol–water partition coefficient (Wildman–Crippen LogP) is 1.02. The largest absolute Gasteiger partial charge is 0.573 e. The molecule has 1 heterocycles. The van der Waals surface area contributed by atoms with Gasteiger partial charge in [-0.1, -0.05) is 0 Å². The van der Waals surface area contributed by atoms with E-state index in [0.717, 1.165) is 28.6 Å². The Morgan fingerprint density at radius 2 is 1.68 bits per heavy atom. The first-order valence-corrected chi connectivity index (χ1v) is 7.81. The molecule has 1 aromatic carbocycles. The summed E-state index contributed by atoms with van der Waals surface area (Å²) in [4.78, 5) is -0.149. The number of rotatable bonds is 3. The van der Waals surface area contributed by atoms with Gasteiger partial charge in [0.25, 0.3) is 0 Å². The average Bonchev–Trinajstić information content (AvgIpc) is 2.37. The standard InChI is InChI=1S/C12H15F3N2O4S/c13-12(14,15)21-9-1-3-10(4-2-9)22(19,20)17-7-5-11(16,18)6-8-17/h1-4,18H,5-8,16H2. The van der Waals surface area contributed by atoms with Gasteiger partial charge in [-0.3, -0.25) is 0 Å². The maximum absolute atomic E-state index is 12.3. The summed E-state index contributed by atoms with van der Waals surface area (Å²) in [5.74, 6) is -0.499. The smallest absolute Gasteiger partial charge is 0.406 e. The number of sulfonamides is 1. The Labute approximate surface area is 125 Å². The van der Waals surface area contributed by atoms with Crippen LogP contribution in [-0.4, -0.2) is 43.0 Å². The van der Waals surface area contributed by atoms with Crippen LogP contribution < -0.4 is 10.5 Å². The van der Waals surface area contributed by atoms with Crippen LogP contribution in [0, 0.1) is 0 Å². The van der Waals surface area contributed by atoms with E-state index in [1.165, 1.54) is 0 Å². The van der Waals surface area contributed by atoms with Crippen molar-refractivity contribution < 1.29 is 31.4 Å². The Bertz CT molecular complexity index is 619. The van der Waals surface area contributed by atoms with Gasteiger partial charge in [-0.25, -0.2) is 8.42 Å². The van der Waals surface area contributed by atoms with E-state index < -0.39 is 27.9 Å². The SMILES string of the molecule is NC1(O)CCN(S(=O)(=O)c2ccc(OC(F)(F)F)cc2)CC1. The Kier molecular flexibility index (Phi) is 4.39. The van der Waals surface area contributed by atoms with Crippen LogP contribution in [0.1, 0.15) is 12.8 Å². The Morgan fingerprint density at radius 1 is 1.18 bits per heavy atom. The van der Waals surface area contributed by atoms with E-state index in [-0.39, 0.29) is 30.8 Å². The summed E-state index contributed by atoms with van der Waals surface area (Å²) in [6.07, 6.45) is -4.66. The second-order valence-corrected chi connectivity index (χ2v) is 6.96. The molecule has 1 saturated heterocycles. The number of hydrogen-bond acceptors (Lipinski definition) is 5. The molecule has 0 amide bonds. The molecule has 0 radical (unpaired) electrons. The summed E-state index contributed by atoms with van der Waals surface area (Å²) in [5.41, 5.74) is 4.12. The highest BCUT2D eigenvalue weighted by Crippen LogP contribution is 2.27. The van der Waals surface area contributed by atoms with Crippen LogP contribution in [0.15, 0.2) is 29.2 Å². The highest BCUT2D eigenvalue weighted by molar-refractivity contribution is 7.89. The summed E-state index contributed by atoms with van der Waals surface area (Å²) >= 11 is 0. The molecule has 3 N–H and O–H groups in total. The maximum atomic E-state index is 12.3. The van der Waals surface area contributed by atoms with Gasteiger partial charge in [0.2, 0.25) is 10.0 Å². The number of hydrogen-bond donors (Lipinski definition) is 2. The number of alkyl halides is 3. The van der Waals surface area contributed by atoms with Crippen LogP contribution in [-0.2, 0) is 10.0 Å². The monoisotopic (exact) mass is 340 g/mol. The third-order valence-electron chi connectivity index (χ3n) is 3.28. The van der Waals surface area contributed by atoms with Crippen molar-refractivity contribution in [1.29, 1.82) is 0 Å². The van der Waals surface area contributed by atoms with Gasteiger partial charge in [0.1, 0.15) is 11.5 Å².